The van der Waals surface area contributed by atoms with Crippen LogP contribution in [0.4, 0.5) is 5.69 Å². The van der Waals surface area contributed by atoms with Crippen LogP contribution in [0.5, 0.6) is 0 Å². The summed E-state index contributed by atoms with van der Waals surface area (Å²) in [4.78, 5) is 12.5. The molecule has 3 rings (SSSR count). The van der Waals surface area contributed by atoms with Crippen molar-refractivity contribution in [2.24, 2.45) is 11.3 Å². The van der Waals surface area contributed by atoms with Crippen molar-refractivity contribution in [2.75, 3.05) is 18.5 Å². The first-order valence-corrected chi connectivity index (χ1v) is 8.53. The number of nitrogens with zero attached hydrogens (tertiary/aromatic N) is 2. The van der Waals surface area contributed by atoms with Crippen molar-refractivity contribution in [3.8, 4) is 0 Å². The third-order valence-electron chi connectivity index (χ3n) is 4.89. The predicted octanol–water partition coefficient (Wildman–Crippen LogP) is 2.38. The monoisotopic (exact) mass is 355 g/mol. The first-order valence-electron chi connectivity index (χ1n) is 7.74. The first kappa shape index (κ1) is 15.0. The molecular formula is C15H22BrN3O2. The second-order valence-electron chi connectivity index (χ2n) is 6.48. The molecule has 2 fully saturated rings. The molecule has 0 radical (unpaired) electrons. The number of rotatable bonds is 7. The van der Waals surface area contributed by atoms with Gasteiger partial charge in [0.05, 0.1) is 10.7 Å². The summed E-state index contributed by atoms with van der Waals surface area (Å²) in [6.45, 7) is 1.68. The fourth-order valence-corrected chi connectivity index (χ4v) is 3.28. The van der Waals surface area contributed by atoms with Crippen LogP contribution < -0.4 is 10.9 Å². The Balaban J connectivity index is 1.71. The summed E-state index contributed by atoms with van der Waals surface area (Å²) in [5.41, 5.74) is 0.743. The number of anilines is 1. The SMILES string of the molecule is O=c1c(NCC2(CCO)CC2)c(Br)cnn1CC1CCC1. The van der Waals surface area contributed by atoms with E-state index in [1.165, 1.54) is 19.3 Å². The van der Waals surface area contributed by atoms with Crippen LogP contribution in [0.15, 0.2) is 15.5 Å². The van der Waals surface area contributed by atoms with Gasteiger partial charge >= 0.3 is 0 Å². The Morgan fingerprint density at radius 3 is 2.81 bits per heavy atom. The van der Waals surface area contributed by atoms with Gasteiger partial charge in [-0.15, -0.1) is 0 Å². The predicted molar refractivity (Wildman–Crippen MR) is 85.4 cm³/mol. The van der Waals surface area contributed by atoms with Crippen LogP contribution in [0.1, 0.15) is 38.5 Å². The zero-order valence-corrected chi connectivity index (χ0v) is 13.7. The molecule has 21 heavy (non-hydrogen) atoms. The van der Waals surface area contributed by atoms with Crippen LogP contribution in [0.3, 0.4) is 0 Å². The highest BCUT2D eigenvalue weighted by Gasteiger charge is 2.41. The summed E-state index contributed by atoms with van der Waals surface area (Å²) < 4.78 is 2.31. The molecule has 5 nitrogen and oxygen atoms in total. The van der Waals surface area contributed by atoms with Crippen molar-refractivity contribution in [3.63, 3.8) is 0 Å². The lowest BCUT2D eigenvalue weighted by Gasteiger charge is -2.25. The van der Waals surface area contributed by atoms with Gasteiger partial charge < -0.3 is 10.4 Å². The molecular weight excluding hydrogens is 334 g/mol. The molecule has 0 aromatic carbocycles. The number of aromatic nitrogens is 2. The fourth-order valence-electron chi connectivity index (χ4n) is 2.88. The molecule has 0 unspecified atom stereocenters. The van der Waals surface area contributed by atoms with E-state index in [1.54, 1.807) is 10.9 Å². The summed E-state index contributed by atoms with van der Waals surface area (Å²) in [5.74, 6) is 0.605. The molecule has 0 aliphatic heterocycles. The highest BCUT2D eigenvalue weighted by molar-refractivity contribution is 9.10. The topological polar surface area (TPSA) is 67.2 Å². The maximum atomic E-state index is 12.5. The lowest BCUT2D eigenvalue weighted by atomic mass is 9.85. The number of hydrogen-bond donors (Lipinski definition) is 2. The summed E-state index contributed by atoms with van der Waals surface area (Å²) in [5, 5.41) is 16.6. The van der Waals surface area contributed by atoms with E-state index in [0.717, 1.165) is 36.8 Å². The van der Waals surface area contributed by atoms with Crippen LogP contribution in [-0.2, 0) is 6.54 Å². The summed E-state index contributed by atoms with van der Waals surface area (Å²) in [6, 6.07) is 0. The molecule has 0 atom stereocenters. The Bertz CT molecular complexity index is 565. The van der Waals surface area contributed by atoms with Crippen LogP contribution in [0.25, 0.3) is 0 Å². The highest BCUT2D eigenvalue weighted by Crippen LogP contribution is 2.48. The molecule has 2 N–H and O–H groups in total. The minimum Gasteiger partial charge on any atom is -0.396 e. The van der Waals surface area contributed by atoms with Gasteiger partial charge in [-0.3, -0.25) is 4.79 Å². The van der Waals surface area contributed by atoms with E-state index in [-0.39, 0.29) is 17.6 Å². The largest absolute Gasteiger partial charge is 0.396 e. The summed E-state index contributed by atoms with van der Waals surface area (Å²) in [7, 11) is 0. The average molecular weight is 356 g/mol. The molecule has 0 spiro atoms. The number of aliphatic hydroxyl groups is 1. The highest BCUT2D eigenvalue weighted by atomic mass is 79.9. The maximum Gasteiger partial charge on any atom is 0.291 e. The molecule has 2 aliphatic rings. The van der Waals surface area contributed by atoms with E-state index in [2.05, 4.69) is 26.3 Å². The van der Waals surface area contributed by atoms with Gasteiger partial charge in [0.25, 0.3) is 5.56 Å². The summed E-state index contributed by atoms with van der Waals surface area (Å²) >= 11 is 3.42. The van der Waals surface area contributed by atoms with Crippen LogP contribution in [-0.4, -0.2) is 28.0 Å². The van der Waals surface area contributed by atoms with Gasteiger partial charge in [-0.1, -0.05) is 6.42 Å². The third-order valence-corrected chi connectivity index (χ3v) is 5.49. The zero-order chi connectivity index (χ0) is 14.9. The van der Waals surface area contributed by atoms with Crippen molar-refractivity contribution in [2.45, 2.75) is 45.1 Å². The first-order chi connectivity index (χ1) is 10.1. The number of halogens is 1. The maximum absolute atomic E-state index is 12.5. The van der Waals surface area contributed by atoms with E-state index in [1.807, 2.05) is 0 Å². The molecule has 1 aromatic heterocycles. The van der Waals surface area contributed by atoms with Gasteiger partial charge in [0.15, 0.2) is 0 Å². The van der Waals surface area contributed by atoms with E-state index in [0.29, 0.717) is 11.6 Å². The van der Waals surface area contributed by atoms with E-state index < -0.39 is 0 Å². The van der Waals surface area contributed by atoms with Gasteiger partial charge in [-0.25, -0.2) is 4.68 Å². The second kappa shape index (κ2) is 6.08. The minimum absolute atomic E-state index is 0.0453. The van der Waals surface area contributed by atoms with E-state index >= 15 is 0 Å². The average Bonchev–Trinajstić information content (AvgIpc) is 3.16. The molecule has 116 valence electrons. The normalized spacial score (nSPS) is 20.1. The Labute approximate surface area is 132 Å². The standard InChI is InChI=1S/C15H22BrN3O2/c16-12-8-18-19(9-11-2-1-3-11)14(21)13(12)17-10-15(4-5-15)6-7-20/h8,11,17,20H,1-7,9-10H2. The van der Waals surface area contributed by atoms with Crippen molar-refractivity contribution in [1.82, 2.24) is 9.78 Å². The van der Waals surface area contributed by atoms with Gasteiger partial charge in [0.1, 0.15) is 5.69 Å². The Morgan fingerprint density at radius 1 is 1.48 bits per heavy atom. The molecule has 0 amide bonds. The van der Waals surface area contributed by atoms with E-state index in [9.17, 15) is 4.79 Å². The van der Waals surface area contributed by atoms with Gasteiger partial charge in [0.2, 0.25) is 0 Å². The fraction of sp³-hybridized carbons (Fsp3) is 0.733. The smallest absolute Gasteiger partial charge is 0.291 e. The Morgan fingerprint density at radius 2 is 2.24 bits per heavy atom. The van der Waals surface area contributed by atoms with E-state index in [4.69, 9.17) is 5.11 Å². The minimum atomic E-state index is -0.0453. The molecule has 1 heterocycles. The van der Waals surface area contributed by atoms with Crippen molar-refractivity contribution < 1.29 is 5.11 Å². The zero-order valence-electron chi connectivity index (χ0n) is 12.1. The number of aliphatic hydroxyl groups excluding tert-OH is 1. The molecule has 6 heteroatoms. The third kappa shape index (κ3) is 3.31. The second-order valence-corrected chi connectivity index (χ2v) is 7.33. The molecule has 0 saturated heterocycles. The van der Waals surface area contributed by atoms with Crippen LogP contribution >= 0.6 is 15.9 Å². The number of hydrogen-bond acceptors (Lipinski definition) is 4. The van der Waals surface area contributed by atoms with Gasteiger partial charge in [-0.2, -0.15) is 5.10 Å². The Kier molecular flexibility index (Phi) is 4.36. The van der Waals surface area contributed by atoms with Crippen molar-refractivity contribution in [3.05, 3.63) is 21.0 Å². The summed E-state index contributed by atoms with van der Waals surface area (Å²) in [6.07, 6.45) is 8.43. The molecule has 1 aromatic rings. The molecule has 2 aliphatic carbocycles. The van der Waals surface area contributed by atoms with Gasteiger partial charge in [-0.05, 0) is 59.4 Å². The van der Waals surface area contributed by atoms with Crippen molar-refractivity contribution in [1.29, 1.82) is 0 Å². The lowest BCUT2D eigenvalue weighted by molar-refractivity contribution is 0.253. The van der Waals surface area contributed by atoms with Crippen molar-refractivity contribution >= 4 is 21.6 Å². The Hall–Kier alpha value is -0.880. The van der Waals surface area contributed by atoms with Crippen LogP contribution in [0.2, 0.25) is 0 Å². The quantitative estimate of drug-likeness (QED) is 0.787. The van der Waals surface area contributed by atoms with Gasteiger partial charge in [0, 0.05) is 19.7 Å². The lowest BCUT2D eigenvalue weighted by Crippen LogP contribution is -2.32. The number of nitrogens with one attached hydrogen (secondary N) is 1. The molecule has 2 saturated carbocycles. The van der Waals surface area contributed by atoms with Crippen LogP contribution in [0, 0.1) is 11.3 Å². The molecule has 0 bridgehead atoms.